The first-order chi connectivity index (χ1) is 13.5. The molecule has 1 aliphatic rings. The molecule has 0 aromatic heterocycles. The van der Waals surface area contributed by atoms with Crippen LogP contribution in [0.5, 0.6) is 0 Å². The van der Waals surface area contributed by atoms with Gasteiger partial charge in [0.25, 0.3) is 0 Å². The average Bonchev–Trinajstić information content (AvgIpc) is 2.74. The van der Waals surface area contributed by atoms with E-state index >= 15 is 0 Å². The van der Waals surface area contributed by atoms with Crippen molar-refractivity contribution in [3.63, 3.8) is 0 Å². The standard InChI is InChI=1S/C21H26N2O4S/c1-2-19(17-8-4-3-5-9-17)21(24)22-16-18-10-6-7-11-20(18)28(25,26)23-12-14-27-15-13-23/h3-11,19H,2,12-16H2,1H3,(H,22,24). The Morgan fingerprint density at radius 2 is 1.71 bits per heavy atom. The van der Waals surface area contributed by atoms with E-state index < -0.39 is 10.0 Å². The Hall–Kier alpha value is -2.22. The number of morpholine rings is 1. The van der Waals surface area contributed by atoms with Crippen LogP contribution in [0.3, 0.4) is 0 Å². The van der Waals surface area contributed by atoms with Crippen LogP contribution in [0.25, 0.3) is 0 Å². The van der Waals surface area contributed by atoms with Gasteiger partial charge in [-0.1, -0.05) is 55.5 Å². The maximum Gasteiger partial charge on any atom is 0.243 e. The zero-order valence-corrected chi connectivity index (χ0v) is 16.8. The third-order valence-corrected chi connectivity index (χ3v) is 6.94. The molecular formula is C21H26N2O4S. The molecule has 3 rings (SSSR count). The van der Waals surface area contributed by atoms with Crippen LogP contribution in [-0.4, -0.2) is 44.9 Å². The van der Waals surface area contributed by atoms with Gasteiger partial charge in [-0.2, -0.15) is 4.31 Å². The van der Waals surface area contributed by atoms with Gasteiger partial charge in [0.15, 0.2) is 0 Å². The molecule has 1 heterocycles. The third-order valence-electron chi connectivity index (χ3n) is 4.94. The Balaban J connectivity index is 1.75. The molecule has 7 heteroatoms. The summed E-state index contributed by atoms with van der Waals surface area (Å²) in [6.45, 7) is 3.61. The molecule has 28 heavy (non-hydrogen) atoms. The highest BCUT2D eigenvalue weighted by molar-refractivity contribution is 7.89. The van der Waals surface area contributed by atoms with Crippen LogP contribution in [0.2, 0.25) is 0 Å². The summed E-state index contributed by atoms with van der Waals surface area (Å²) in [5, 5.41) is 2.92. The second-order valence-electron chi connectivity index (χ2n) is 6.71. The molecule has 0 aliphatic carbocycles. The number of hydrogen-bond acceptors (Lipinski definition) is 4. The highest BCUT2D eigenvalue weighted by atomic mass is 32.2. The highest BCUT2D eigenvalue weighted by Gasteiger charge is 2.28. The largest absolute Gasteiger partial charge is 0.379 e. The minimum atomic E-state index is -3.62. The van der Waals surface area contributed by atoms with E-state index in [0.29, 0.717) is 38.3 Å². The molecule has 1 fully saturated rings. The predicted molar refractivity (Wildman–Crippen MR) is 107 cm³/mol. The topological polar surface area (TPSA) is 75.7 Å². The Morgan fingerprint density at radius 3 is 2.39 bits per heavy atom. The van der Waals surface area contributed by atoms with Crippen molar-refractivity contribution in [1.29, 1.82) is 0 Å². The molecule has 1 atom stereocenters. The summed E-state index contributed by atoms with van der Waals surface area (Å²) in [6, 6.07) is 16.4. The molecule has 150 valence electrons. The van der Waals surface area contributed by atoms with Crippen LogP contribution in [0, 0.1) is 0 Å². The number of nitrogens with one attached hydrogen (secondary N) is 1. The van der Waals surface area contributed by atoms with Crippen molar-refractivity contribution in [2.24, 2.45) is 0 Å². The van der Waals surface area contributed by atoms with Crippen molar-refractivity contribution >= 4 is 15.9 Å². The molecule has 1 aliphatic heterocycles. The number of nitrogens with zero attached hydrogens (tertiary/aromatic N) is 1. The summed E-state index contributed by atoms with van der Waals surface area (Å²) in [7, 11) is -3.62. The Bertz CT molecular complexity index is 894. The second kappa shape index (κ2) is 9.32. The second-order valence-corrected chi connectivity index (χ2v) is 8.62. The molecule has 0 bridgehead atoms. The molecule has 2 aromatic rings. The number of benzene rings is 2. The molecule has 0 spiro atoms. The minimum Gasteiger partial charge on any atom is -0.379 e. The molecule has 0 saturated carbocycles. The molecular weight excluding hydrogens is 376 g/mol. The van der Waals surface area contributed by atoms with E-state index in [1.807, 2.05) is 37.3 Å². The number of rotatable bonds is 7. The monoisotopic (exact) mass is 402 g/mol. The van der Waals surface area contributed by atoms with E-state index in [4.69, 9.17) is 4.74 Å². The van der Waals surface area contributed by atoms with Crippen molar-refractivity contribution in [1.82, 2.24) is 9.62 Å². The van der Waals surface area contributed by atoms with Crippen molar-refractivity contribution in [2.75, 3.05) is 26.3 Å². The number of hydrogen-bond donors (Lipinski definition) is 1. The van der Waals surface area contributed by atoms with Gasteiger partial charge in [0, 0.05) is 19.6 Å². The van der Waals surface area contributed by atoms with Gasteiger partial charge < -0.3 is 10.1 Å². The lowest BCUT2D eigenvalue weighted by atomic mass is 9.95. The SMILES string of the molecule is CCC(C(=O)NCc1ccccc1S(=O)(=O)N1CCOCC1)c1ccccc1. The maximum atomic E-state index is 13.0. The summed E-state index contributed by atoms with van der Waals surface area (Å²) in [6.07, 6.45) is 0.670. The first-order valence-electron chi connectivity index (χ1n) is 9.52. The zero-order valence-electron chi connectivity index (χ0n) is 16.0. The molecule has 0 radical (unpaired) electrons. The lowest BCUT2D eigenvalue weighted by molar-refractivity contribution is -0.122. The lowest BCUT2D eigenvalue weighted by Crippen LogP contribution is -2.41. The average molecular weight is 403 g/mol. The molecule has 1 N–H and O–H groups in total. The first kappa shape index (κ1) is 20.5. The van der Waals surface area contributed by atoms with Gasteiger partial charge in [-0.15, -0.1) is 0 Å². The Kier molecular flexibility index (Phi) is 6.83. The quantitative estimate of drug-likeness (QED) is 0.772. The fourth-order valence-electron chi connectivity index (χ4n) is 3.39. The molecule has 6 nitrogen and oxygen atoms in total. The van der Waals surface area contributed by atoms with Gasteiger partial charge in [0.2, 0.25) is 15.9 Å². The van der Waals surface area contributed by atoms with E-state index in [1.54, 1.807) is 24.3 Å². The first-order valence-corrected chi connectivity index (χ1v) is 11.0. The zero-order chi connectivity index (χ0) is 20.0. The lowest BCUT2D eigenvalue weighted by Gasteiger charge is -2.27. The number of amides is 1. The third kappa shape index (κ3) is 4.60. The number of carbonyl (C=O) groups is 1. The van der Waals surface area contributed by atoms with Gasteiger partial charge in [-0.05, 0) is 23.6 Å². The van der Waals surface area contributed by atoms with Gasteiger partial charge in [0.1, 0.15) is 0 Å². The van der Waals surface area contributed by atoms with Gasteiger partial charge in [-0.25, -0.2) is 8.42 Å². The predicted octanol–water partition coefficient (Wildman–Crippen LogP) is 2.52. The van der Waals surface area contributed by atoms with Crippen molar-refractivity contribution < 1.29 is 17.9 Å². The summed E-state index contributed by atoms with van der Waals surface area (Å²) in [4.78, 5) is 13.0. The molecule has 1 saturated heterocycles. The summed E-state index contributed by atoms with van der Waals surface area (Å²) in [5.74, 6) is -0.364. The molecule has 1 amide bonds. The smallest absolute Gasteiger partial charge is 0.243 e. The normalized spacial score (nSPS) is 16.5. The van der Waals surface area contributed by atoms with Gasteiger partial charge in [0.05, 0.1) is 24.0 Å². The van der Waals surface area contributed by atoms with Crippen LogP contribution in [0.1, 0.15) is 30.4 Å². The fraction of sp³-hybridized carbons (Fsp3) is 0.381. The van der Waals surface area contributed by atoms with E-state index in [1.165, 1.54) is 4.31 Å². The van der Waals surface area contributed by atoms with E-state index in [0.717, 1.165) is 5.56 Å². The maximum absolute atomic E-state index is 13.0. The summed E-state index contributed by atoms with van der Waals surface area (Å²) < 4.78 is 32.7. The van der Waals surface area contributed by atoms with Crippen LogP contribution < -0.4 is 5.32 Å². The fourth-order valence-corrected chi connectivity index (χ4v) is 5.02. The Morgan fingerprint density at radius 1 is 1.07 bits per heavy atom. The van der Waals surface area contributed by atoms with Crippen molar-refractivity contribution in [3.05, 3.63) is 65.7 Å². The molecule has 1 unspecified atom stereocenters. The number of carbonyl (C=O) groups excluding carboxylic acids is 1. The van der Waals surface area contributed by atoms with Crippen LogP contribution in [0.4, 0.5) is 0 Å². The molecule has 2 aromatic carbocycles. The van der Waals surface area contributed by atoms with Crippen molar-refractivity contribution in [3.8, 4) is 0 Å². The van der Waals surface area contributed by atoms with E-state index in [9.17, 15) is 13.2 Å². The van der Waals surface area contributed by atoms with E-state index in [2.05, 4.69) is 5.32 Å². The Labute approximate surface area is 166 Å². The summed E-state index contributed by atoms with van der Waals surface area (Å²) in [5.41, 5.74) is 1.54. The highest BCUT2D eigenvalue weighted by Crippen LogP contribution is 2.23. The van der Waals surface area contributed by atoms with Crippen LogP contribution in [-0.2, 0) is 26.1 Å². The van der Waals surface area contributed by atoms with E-state index in [-0.39, 0.29) is 23.3 Å². The van der Waals surface area contributed by atoms with Gasteiger partial charge in [-0.3, -0.25) is 4.79 Å². The number of sulfonamides is 1. The minimum absolute atomic E-state index is 0.104. The van der Waals surface area contributed by atoms with Crippen molar-refractivity contribution in [2.45, 2.75) is 30.7 Å². The van der Waals surface area contributed by atoms with Gasteiger partial charge >= 0.3 is 0 Å². The van der Waals surface area contributed by atoms with Crippen LogP contribution in [0.15, 0.2) is 59.5 Å². The summed E-state index contributed by atoms with van der Waals surface area (Å²) >= 11 is 0. The number of ether oxygens (including phenoxy) is 1. The van der Waals surface area contributed by atoms with Crippen LogP contribution >= 0.6 is 0 Å².